The molecule has 6 nitrogen and oxygen atoms in total. The maximum absolute atomic E-state index is 12.0. The van der Waals surface area contributed by atoms with Gasteiger partial charge in [0.05, 0.1) is 11.8 Å². The van der Waals surface area contributed by atoms with Crippen LogP contribution in [0.3, 0.4) is 0 Å². The van der Waals surface area contributed by atoms with E-state index in [4.69, 9.17) is 0 Å². The second-order valence-corrected chi connectivity index (χ2v) is 5.08. The number of amides is 1. The minimum Gasteiger partial charge on any atom is -0.321 e. The van der Waals surface area contributed by atoms with E-state index in [-0.39, 0.29) is 11.5 Å². The van der Waals surface area contributed by atoms with Crippen molar-refractivity contribution in [1.82, 2.24) is 15.4 Å². The van der Waals surface area contributed by atoms with Crippen LogP contribution in [-0.4, -0.2) is 22.1 Å². The number of nitrogens with zero attached hydrogens (tertiary/aromatic N) is 2. The molecule has 0 aliphatic heterocycles. The maximum Gasteiger partial charge on any atom is 0.271 e. The summed E-state index contributed by atoms with van der Waals surface area (Å²) in [6.07, 6.45) is 4.38. The Bertz CT molecular complexity index is 946. The van der Waals surface area contributed by atoms with Crippen molar-refractivity contribution in [2.75, 3.05) is 0 Å². The lowest BCUT2D eigenvalue weighted by Crippen LogP contribution is -2.19. The molecule has 0 saturated carbocycles. The minimum atomic E-state index is -0.364. The SMILES string of the molecule is Cc1ccc2[nH]c(=O)c(/C=N\NC(=O)c3ccncc3)cc2c1. The third-order valence-electron chi connectivity index (χ3n) is 3.34. The Morgan fingerprint density at radius 2 is 2.00 bits per heavy atom. The Morgan fingerprint density at radius 1 is 1.22 bits per heavy atom. The first-order chi connectivity index (χ1) is 11.1. The van der Waals surface area contributed by atoms with E-state index in [9.17, 15) is 9.59 Å². The van der Waals surface area contributed by atoms with Gasteiger partial charge < -0.3 is 4.98 Å². The van der Waals surface area contributed by atoms with E-state index in [1.165, 1.54) is 18.6 Å². The summed E-state index contributed by atoms with van der Waals surface area (Å²) >= 11 is 0. The van der Waals surface area contributed by atoms with Gasteiger partial charge in [-0.2, -0.15) is 5.10 Å². The highest BCUT2D eigenvalue weighted by atomic mass is 16.2. The van der Waals surface area contributed by atoms with E-state index in [0.29, 0.717) is 11.1 Å². The number of carbonyl (C=O) groups excluding carboxylic acids is 1. The van der Waals surface area contributed by atoms with E-state index in [0.717, 1.165) is 16.5 Å². The lowest BCUT2D eigenvalue weighted by Gasteiger charge is -2.01. The van der Waals surface area contributed by atoms with Gasteiger partial charge in [-0.3, -0.25) is 14.6 Å². The van der Waals surface area contributed by atoms with Crippen molar-refractivity contribution >= 4 is 23.0 Å². The van der Waals surface area contributed by atoms with Crippen LogP contribution in [0.25, 0.3) is 10.9 Å². The molecular weight excluding hydrogens is 292 g/mol. The molecule has 0 unspecified atom stereocenters. The number of aryl methyl sites for hydroxylation is 1. The number of pyridine rings is 2. The van der Waals surface area contributed by atoms with Crippen LogP contribution in [-0.2, 0) is 0 Å². The van der Waals surface area contributed by atoms with E-state index in [1.807, 2.05) is 25.1 Å². The van der Waals surface area contributed by atoms with Gasteiger partial charge in [-0.25, -0.2) is 5.43 Å². The van der Waals surface area contributed by atoms with Gasteiger partial charge in [-0.1, -0.05) is 11.6 Å². The van der Waals surface area contributed by atoms with E-state index < -0.39 is 0 Å². The van der Waals surface area contributed by atoms with Crippen molar-refractivity contribution in [3.8, 4) is 0 Å². The molecule has 114 valence electrons. The largest absolute Gasteiger partial charge is 0.321 e. The van der Waals surface area contributed by atoms with Crippen LogP contribution in [0.4, 0.5) is 0 Å². The molecule has 6 heteroatoms. The second kappa shape index (κ2) is 6.23. The molecule has 3 aromatic rings. The summed E-state index contributed by atoms with van der Waals surface area (Å²) in [7, 11) is 0. The zero-order valence-corrected chi connectivity index (χ0v) is 12.4. The van der Waals surface area contributed by atoms with Crippen LogP contribution in [0, 0.1) is 6.92 Å². The molecule has 23 heavy (non-hydrogen) atoms. The Morgan fingerprint density at radius 3 is 2.78 bits per heavy atom. The van der Waals surface area contributed by atoms with Crippen molar-refractivity contribution in [3.05, 3.63) is 75.8 Å². The Hall–Kier alpha value is -3.28. The summed E-state index contributed by atoms with van der Waals surface area (Å²) in [5, 5.41) is 4.75. The van der Waals surface area contributed by atoms with E-state index in [2.05, 4.69) is 20.5 Å². The highest BCUT2D eigenvalue weighted by molar-refractivity contribution is 5.95. The molecule has 0 aliphatic carbocycles. The number of rotatable bonds is 3. The number of fused-ring (bicyclic) bond motifs is 1. The second-order valence-electron chi connectivity index (χ2n) is 5.08. The van der Waals surface area contributed by atoms with Gasteiger partial charge in [-0.05, 0) is 42.6 Å². The third kappa shape index (κ3) is 3.32. The number of hydrogen-bond acceptors (Lipinski definition) is 4. The van der Waals surface area contributed by atoms with Crippen molar-refractivity contribution in [1.29, 1.82) is 0 Å². The topological polar surface area (TPSA) is 87.2 Å². The number of hydrogen-bond donors (Lipinski definition) is 2. The Balaban J connectivity index is 1.82. The van der Waals surface area contributed by atoms with Gasteiger partial charge in [0, 0.05) is 23.5 Å². The van der Waals surface area contributed by atoms with Crippen LogP contribution in [0.1, 0.15) is 21.5 Å². The molecule has 0 radical (unpaired) electrons. The summed E-state index contributed by atoms with van der Waals surface area (Å²) in [6.45, 7) is 1.98. The monoisotopic (exact) mass is 306 g/mol. The normalized spacial score (nSPS) is 11.0. The van der Waals surface area contributed by atoms with Gasteiger partial charge in [-0.15, -0.1) is 0 Å². The number of aromatic amines is 1. The molecular formula is C17H14N4O2. The smallest absolute Gasteiger partial charge is 0.271 e. The van der Waals surface area contributed by atoms with Gasteiger partial charge in [0.2, 0.25) is 0 Å². The van der Waals surface area contributed by atoms with Crippen molar-refractivity contribution in [2.45, 2.75) is 6.92 Å². The molecule has 1 amide bonds. The number of nitrogens with one attached hydrogen (secondary N) is 2. The first-order valence-corrected chi connectivity index (χ1v) is 7.00. The van der Waals surface area contributed by atoms with Crippen LogP contribution in [0.2, 0.25) is 0 Å². The zero-order valence-electron chi connectivity index (χ0n) is 12.4. The van der Waals surface area contributed by atoms with Crippen molar-refractivity contribution < 1.29 is 4.79 Å². The molecule has 1 aromatic carbocycles. The average molecular weight is 306 g/mol. The van der Waals surface area contributed by atoms with Gasteiger partial charge in [0.15, 0.2) is 0 Å². The zero-order chi connectivity index (χ0) is 16.2. The van der Waals surface area contributed by atoms with Crippen LogP contribution < -0.4 is 11.0 Å². The number of aromatic nitrogens is 2. The standard InChI is InChI=1S/C17H14N4O2/c1-11-2-3-15-13(8-11)9-14(16(22)20-15)10-19-21-17(23)12-4-6-18-7-5-12/h2-10H,1H3,(H,20,22)(H,21,23)/b19-10-. The first-order valence-electron chi connectivity index (χ1n) is 7.00. The predicted octanol–water partition coefficient (Wildman–Crippen LogP) is 2.00. The number of hydrazone groups is 1. The fourth-order valence-corrected chi connectivity index (χ4v) is 2.17. The quantitative estimate of drug-likeness (QED) is 0.573. The van der Waals surface area contributed by atoms with Crippen LogP contribution in [0.15, 0.2) is 58.7 Å². The molecule has 2 heterocycles. The molecule has 0 bridgehead atoms. The Kier molecular flexibility index (Phi) is 3.97. The lowest BCUT2D eigenvalue weighted by molar-refractivity contribution is 0.0955. The predicted molar refractivity (Wildman–Crippen MR) is 88.6 cm³/mol. The highest BCUT2D eigenvalue weighted by Gasteiger charge is 2.04. The number of H-pyrrole nitrogens is 1. The summed E-state index contributed by atoms with van der Waals surface area (Å²) in [5.41, 5.74) is 4.80. The first kappa shape index (κ1) is 14.6. The van der Waals surface area contributed by atoms with Crippen molar-refractivity contribution in [3.63, 3.8) is 0 Å². The summed E-state index contributed by atoms with van der Waals surface area (Å²) in [5.74, 6) is -0.364. The van der Waals surface area contributed by atoms with Crippen molar-refractivity contribution in [2.24, 2.45) is 5.10 Å². The minimum absolute atomic E-state index is 0.261. The molecule has 3 rings (SSSR count). The van der Waals surface area contributed by atoms with Gasteiger partial charge >= 0.3 is 0 Å². The molecule has 2 aromatic heterocycles. The summed E-state index contributed by atoms with van der Waals surface area (Å²) < 4.78 is 0. The number of carbonyl (C=O) groups is 1. The van der Waals surface area contributed by atoms with Crippen LogP contribution in [0.5, 0.6) is 0 Å². The number of benzene rings is 1. The third-order valence-corrected chi connectivity index (χ3v) is 3.34. The maximum atomic E-state index is 12.0. The average Bonchev–Trinajstić information content (AvgIpc) is 2.56. The van der Waals surface area contributed by atoms with Gasteiger partial charge in [0.1, 0.15) is 0 Å². The fraction of sp³-hybridized carbons (Fsp3) is 0.0588. The van der Waals surface area contributed by atoms with Gasteiger partial charge in [0.25, 0.3) is 11.5 Å². The Labute approximate surface area is 131 Å². The highest BCUT2D eigenvalue weighted by Crippen LogP contribution is 2.12. The molecule has 0 saturated heterocycles. The molecule has 0 fully saturated rings. The van der Waals surface area contributed by atoms with E-state index in [1.54, 1.807) is 18.2 Å². The molecule has 0 atom stereocenters. The molecule has 0 aliphatic rings. The fourth-order valence-electron chi connectivity index (χ4n) is 2.17. The van der Waals surface area contributed by atoms with Crippen LogP contribution >= 0.6 is 0 Å². The molecule has 0 spiro atoms. The lowest BCUT2D eigenvalue weighted by atomic mass is 10.1. The summed E-state index contributed by atoms with van der Waals surface area (Å²) in [6, 6.07) is 10.7. The van der Waals surface area contributed by atoms with E-state index >= 15 is 0 Å². The summed E-state index contributed by atoms with van der Waals surface area (Å²) in [4.78, 5) is 30.5. The molecule has 2 N–H and O–H groups in total.